The maximum Gasteiger partial charge on any atom is 0.326 e. The van der Waals surface area contributed by atoms with Gasteiger partial charge in [-0.2, -0.15) is 0 Å². The van der Waals surface area contributed by atoms with Crippen LogP contribution in [0.1, 0.15) is 32.6 Å². The van der Waals surface area contributed by atoms with E-state index in [-0.39, 0.29) is 12.1 Å². The van der Waals surface area contributed by atoms with Crippen LogP contribution in [-0.2, 0) is 4.79 Å². The second-order valence-corrected chi connectivity index (χ2v) is 6.04. The van der Waals surface area contributed by atoms with Gasteiger partial charge in [-0.25, -0.2) is 9.59 Å². The fraction of sp³-hybridized carbons (Fsp3) is 0.857. The number of likely N-dealkylation sites (tertiary alicyclic amines) is 2. The van der Waals surface area contributed by atoms with Gasteiger partial charge in [0.15, 0.2) is 0 Å². The topological polar surface area (TPSA) is 72.9 Å². The molecule has 2 amide bonds. The van der Waals surface area contributed by atoms with Gasteiger partial charge >= 0.3 is 12.0 Å². The molecular weight excluding hydrogens is 258 g/mol. The Kier molecular flexibility index (Phi) is 4.86. The van der Waals surface area contributed by atoms with Crippen LogP contribution in [0.5, 0.6) is 0 Å². The van der Waals surface area contributed by atoms with E-state index >= 15 is 0 Å². The van der Waals surface area contributed by atoms with Crippen molar-refractivity contribution in [2.24, 2.45) is 5.92 Å². The minimum atomic E-state index is -0.887. The first-order chi connectivity index (χ1) is 9.51. The van der Waals surface area contributed by atoms with Gasteiger partial charge in [0.2, 0.25) is 0 Å². The van der Waals surface area contributed by atoms with Crippen molar-refractivity contribution >= 4 is 12.0 Å². The number of nitrogens with one attached hydrogen (secondary N) is 1. The minimum Gasteiger partial charge on any atom is -0.480 e. The number of piperidine rings is 1. The van der Waals surface area contributed by atoms with E-state index in [0.717, 1.165) is 32.4 Å². The van der Waals surface area contributed by atoms with E-state index < -0.39 is 12.0 Å². The standard InChI is InChI=1S/C14H25N3O3/c1-3-10-4-7-17(12(8-10)13(18)19)14(20)15-11-5-6-16(2)9-11/h10-12H,3-9H2,1-2H3,(H,15,20)(H,18,19). The summed E-state index contributed by atoms with van der Waals surface area (Å²) in [6.07, 6.45) is 3.39. The van der Waals surface area contributed by atoms with E-state index in [1.54, 1.807) is 0 Å². The molecule has 0 aliphatic carbocycles. The highest BCUT2D eigenvalue weighted by Gasteiger charge is 2.36. The number of likely N-dealkylation sites (N-methyl/N-ethyl adjacent to an activating group) is 1. The molecule has 2 N–H and O–H groups in total. The molecule has 0 aromatic heterocycles. The second-order valence-electron chi connectivity index (χ2n) is 6.04. The maximum absolute atomic E-state index is 12.3. The van der Waals surface area contributed by atoms with Gasteiger partial charge < -0.3 is 20.2 Å². The third-order valence-corrected chi connectivity index (χ3v) is 4.55. The van der Waals surface area contributed by atoms with Crippen molar-refractivity contribution in [3.8, 4) is 0 Å². The summed E-state index contributed by atoms with van der Waals surface area (Å²) in [5.74, 6) is -0.473. The Hall–Kier alpha value is -1.30. The first-order valence-corrected chi connectivity index (χ1v) is 7.49. The summed E-state index contributed by atoms with van der Waals surface area (Å²) >= 11 is 0. The zero-order valence-electron chi connectivity index (χ0n) is 12.3. The number of carboxylic acid groups (broad SMARTS) is 1. The number of hydrogen-bond donors (Lipinski definition) is 2. The third kappa shape index (κ3) is 3.42. The summed E-state index contributed by atoms with van der Waals surface area (Å²) in [4.78, 5) is 27.4. The minimum absolute atomic E-state index is 0.144. The van der Waals surface area contributed by atoms with Crippen LogP contribution in [0.15, 0.2) is 0 Å². The van der Waals surface area contributed by atoms with Gasteiger partial charge in [0.05, 0.1) is 0 Å². The van der Waals surface area contributed by atoms with Gasteiger partial charge in [-0.3, -0.25) is 0 Å². The van der Waals surface area contributed by atoms with E-state index in [4.69, 9.17) is 0 Å². The lowest BCUT2D eigenvalue weighted by atomic mass is 9.89. The Labute approximate surface area is 120 Å². The Morgan fingerprint density at radius 2 is 2.05 bits per heavy atom. The van der Waals surface area contributed by atoms with E-state index in [9.17, 15) is 14.7 Å². The molecule has 0 aromatic carbocycles. The molecule has 114 valence electrons. The molecule has 2 heterocycles. The number of hydrogen-bond acceptors (Lipinski definition) is 3. The summed E-state index contributed by atoms with van der Waals surface area (Å²) < 4.78 is 0. The predicted octanol–water partition coefficient (Wildman–Crippen LogP) is 0.975. The lowest BCUT2D eigenvalue weighted by molar-refractivity contribution is -0.144. The van der Waals surface area contributed by atoms with Crippen molar-refractivity contribution < 1.29 is 14.7 Å². The van der Waals surface area contributed by atoms with Crippen molar-refractivity contribution in [1.82, 2.24) is 15.1 Å². The summed E-state index contributed by atoms with van der Waals surface area (Å²) in [6.45, 7) is 4.44. The van der Waals surface area contributed by atoms with Crippen molar-refractivity contribution in [2.75, 3.05) is 26.7 Å². The molecule has 2 aliphatic heterocycles. The molecule has 3 unspecified atom stereocenters. The van der Waals surface area contributed by atoms with E-state index in [1.807, 2.05) is 7.05 Å². The molecule has 0 aromatic rings. The Bertz CT molecular complexity index is 375. The van der Waals surface area contributed by atoms with Gasteiger partial charge in [-0.1, -0.05) is 13.3 Å². The zero-order valence-corrected chi connectivity index (χ0v) is 12.3. The molecular formula is C14H25N3O3. The average Bonchev–Trinajstić information content (AvgIpc) is 2.83. The molecule has 2 aliphatic rings. The number of aliphatic carboxylic acids is 1. The number of carboxylic acids is 1. The summed E-state index contributed by atoms with van der Waals surface area (Å²) in [5, 5.41) is 12.3. The van der Waals surface area contributed by atoms with Crippen LogP contribution in [0.3, 0.4) is 0 Å². The highest BCUT2D eigenvalue weighted by Crippen LogP contribution is 2.25. The molecule has 2 saturated heterocycles. The first-order valence-electron chi connectivity index (χ1n) is 7.49. The van der Waals surface area contributed by atoms with Gasteiger partial charge in [-0.15, -0.1) is 0 Å². The van der Waals surface area contributed by atoms with Crippen LogP contribution in [-0.4, -0.2) is 65.7 Å². The van der Waals surface area contributed by atoms with Crippen LogP contribution in [0.4, 0.5) is 4.79 Å². The molecule has 0 radical (unpaired) electrons. The van der Waals surface area contributed by atoms with Crippen LogP contribution < -0.4 is 5.32 Å². The zero-order chi connectivity index (χ0) is 14.7. The Morgan fingerprint density at radius 1 is 1.30 bits per heavy atom. The first kappa shape index (κ1) is 15.1. The Balaban J connectivity index is 1.95. The number of carbonyl (C=O) groups excluding carboxylic acids is 1. The lowest BCUT2D eigenvalue weighted by Gasteiger charge is -2.37. The molecule has 0 spiro atoms. The van der Waals surface area contributed by atoms with Crippen molar-refractivity contribution in [2.45, 2.75) is 44.7 Å². The van der Waals surface area contributed by atoms with E-state index in [2.05, 4.69) is 17.1 Å². The second kappa shape index (κ2) is 6.43. The molecule has 6 heteroatoms. The van der Waals surface area contributed by atoms with Crippen LogP contribution in [0, 0.1) is 5.92 Å². The summed E-state index contributed by atoms with van der Waals surface area (Å²) in [7, 11) is 2.03. The summed E-state index contributed by atoms with van der Waals surface area (Å²) in [5.41, 5.74) is 0. The SMILES string of the molecule is CCC1CCN(C(=O)NC2CCN(C)C2)C(C(=O)O)C1. The largest absolute Gasteiger partial charge is 0.480 e. The third-order valence-electron chi connectivity index (χ3n) is 4.55. The maximum atomic E-state index is 12.3. The average molecular weight is 283 g/mol. The molecule has 3 atom stereocenters. The quantitative estimate of drug-likeness (QED) is 0.809. The number of nitrogens with zero attached hydrogens (tertiary/aromatic N) is 2. The van der Waals surface area contributed by atoms with E-state index in [1.165, 1.54) is 4.90 Å². The summed E-state index contributed by atoms with van der Waals surface area (Å²) in [6, 6.07) is -0.745. The predicted molar refractivity (Wildman–Crippen MR) is 75.6 cm³/mol. The smallest absolute Gasteiger partial charge is 0.326 e. The van der Waals surface area contributed by atoms with Gasteiger partial charge in [-0.05, 0) is 38.8 Å². The highest BCUT2D eigenvalue weighted by atomic mass is 16.4. The van der Waals surface area contributed by atoms with Crippen molar-refractivity contribution in [3.63, 3.8) is 0 Å². The van der Waals surface area contributed by atoms with Gasteiger partial charge in [0, 0.05) is 19.1 Å². The van der Waals surface area contributed by atoms with Crippen molar-refractivity contribution in [3.05, 3.63) is 0 Å². The van der Waals surface area contributed by atoms with Crippen LogP contribution in [0.25, 0.3) is 0 Å². The van der Waals surface area contributed by atoms with Crippen LogP contribution in [0.2, 0.25) is 0 Å². The molecule has 0 saturated carbocycles. The number of urea groups is 1. The molecule has 2 fully saturated rings. The molecule has 20 heavy (non-hydrogen) atoms. The normalized spacial score (nSPS) is 31.3. The van der Waals surface area contributed by atoms with Gasteiger partial charge in [0.25, 0.3) is 0 Å². The monoisotopic (exact) mass is 283 g/mol. The van der Waals surface area contributed by atoms with Crippen molar-refractivity contribution in [1.29, 1.82) is 0 Å². The number of amides is 2. The molecule has 0 bridgehead atoms. The number of rotatable bonds is 3. The molecule has 6 nitrogen and oxygen atoms in total. The fourth-order valence-corrected chi connectivity index (χ4v) is 3.20. The number of carbonyl (C=O) groups is 2. The lowest BCUT2D eigenvalue weighted by Crippen LogP contribution is -2.55. The van der Waals surface area contributed by atoms with Crippen LogP contribution >= 0.6 is 0 Å². The fourth-order valence-electron chi connectivity index (χ4n) is 3.20. The van der Waals surface area contributed by atoms with E-state index in [0.29, 0.717) is 18.9 Å². The highest BCUT2D eigenvalue weighted by molar-refractivity contribution is 5.83. The molecule has 2 rings (SSSR count). The Morgan fingerprint density at radius 3 is 2.60 bits per heavy atom. The van der Waals surface area contributed by atoms with Gasteiger partial charge in [0.1, 0.15) is 6.04 Å².